The zero-order valence-corrected chi connectivity index (χ0v) is 19.6. The molecule has 0 bridgehead atoms. The Balaban J connectivity index is 2.07. The second kappa shape index (κ2) is 10.1. The van der Waals surface area contributed by atoms with E-state index in [1.54, 1.807) is 6.07 Å². The first-order valence-corrected chi connectivity index (χ1v) is 10.8. The monoisotopic (exact) mass is 424 g/mol. The molecular formula is C26H36N2O3. The maximum Gasteiger partial charge on any atom is 0.251 e. The highest BCUT2D eigenvalue weighted by atomic mass is 16.3. The van der Waals surface area contributed by atoms with Crippen LogP contribution in [0.4, 0.5) is 0 Å². The third kappa shape index (κ3) is 8.18. The molecule has 5 nitrogen and oxygen atoms in total. The smallest absolute Gasteiger partial charge is 0.251 e. The maximum atomic E-state index is 12.6. The van der Waals surface area contributed by atoms with Gasteiger partial charge in [-0.2, -0.15) is 0 Å². The molecule has 0 aliphatic heterocycles. The minimum Gasteiger partial charge on any atom is -0.393 e. The first-order valence-electron chi connectivity index (χ1n) is 10.8. The number of benzene rings is 2. The summed E-state index contributed by atoms with van der Waals surface area (Å²) in [5.74, 6) is -0.249. The Morgan fingerprint density at radius 3 is 1.68 bits per heavy atom. The Labute approximate surface area is 186 Å². The van der Waals surface area contributed by atoms with Crippen LogP contribution < -0.4 is 10.6 Å². The summed E-state index contributed by atoms with van der Waals surface area (Å²) in [6.07, 6.45) is 0.826. The van der Waals surface area contributed by atoms with Crippen LogP contribution in [0, 0.1) is 0 Å². The predicted octanol–water partition coefficient (Wildman–Crippen LogP) is 4.28. The summed E-state index contributed by atoms with van der Waals surface area (Å²) in [7, 11) is 0. The standard InChI is InChI=1S/C26H36N2O3/c1-25(2,3)27-23(30)21-13-9-7-11-18(21)15-16-20(29)17-19-12-8-10-14-22(19)24(31)28-26(4,5)6/h7-14,20,29H,15-17H2,1-6H3,(H,27,30)(H,28,31)/t20-/m0/s1. The van der Waals surface area contributed by atoms with Crippen molar-refractivity contribution in [2.45, 2.75) is 78.0 Å². The van der Waals surface area contributed by atoms with Gasteiger partial charge in [0.15, 0.2) is 0 Å². The molecule has 0 aliphatic carbocycles. The molecule has 0 unspecified atom stereocenters. The van der Waals surface area contributed by atoms with Gasteiger partial charge in [-0.25, -0.2) is 0 Å². The van der Waals surface area contributed by atoms with Crippen LogP contribution in [0.5, 0.6) is 0 Å². The number of aliphatic hydroxyl groups is 1. The molecule has 0 saturated carbocycles. The highest BCUT2D eigenvalue weighted by Gasteiger charge is 2.20. The molecule has 168 valence electrons. The van der Waals surface area contributed by atoms with E-state index in [-0.39, 0.29) is 22.9 Å². The van der Waals surface area contributed by atoms with E-state index in [0.29, 0.717) is 30.4 Å². The van der Waals surface area contributed by atoms with Crippen LogP contribution in [0.1, 0.15) is 79.8 Å². The van der Waals surface area contributed by atoms with Gasteiger partial charge in [-0.05, 0) is 84.1 Å². The second-order valence-corrected chi connectivity index (χ2v) is 10.1. The molecule has 0 heterocycles. The number of hydrogen-bond acceptors (Lipinski definition) is 3. The summed E-state index contributed by atoms with van der Waals surface area (Å²) in [6.45, 7) is 11.7. The fraction of sp³-hybridized carbons (Fsp3) is 0.462. The molecule has 1 atom stereocenters. The Morgan fingerprint density at radius 1 is 0.774 bits per heavy atom. The van der Waals surface area contributed by atoms with Crippen LogP contribution in [0.2, 0.25) is 0 Å². The van der Waals surface area contributed by atoms with Gasteiger partial charge >= 0.3 is 0 Å². The second-order valence-electron chi connectivity index (χ2n) is 10.1. The molecule has 0 radical (unpaired) electrons. The summed E-state index contributed by atoms with van der Waals surface area (Å²) in [5.41, 5.74) is 2.29. The zero-order valence-electron chi connectivity index (χ0n) is 19.6. The van der Waals surface area contributed by atoms with Crippen molar-refractivity contribution in [2.75, 3.05) is 0 Å². The molecule has 0 aromatic heterocycles. The number of hydrogen-bond donors (Lipinski definition) is 3. The molecule has 0 fully saturated rings. The van der Waals surface area contributed by atoms with E-state index in [2.05, 4.69) is 10.6 Å². The van der Waals surface area contributed by atoms with Crippen molar-refractivity contribution in [3.8, 4) is 0 Å². The Hall–Kier alpha value is -2.66. The lowest BCUT2D eigenvalue weighted by molar-refractivity contribution is 0.0907. The SMILES string of the molecule is CC(C)(C)NC(=O)c1ccccc1CC[C@H](O)Cc1ccccc1C(=O)NC(C)(C)C. The Morgan fingerprint density at radius 2 is 1.19 bits per heavy atom. The van der Waals surface area contributed by atoms with Crippen molar-refractivity contribution < 1.29 is 14.7 Å². The van der Waals surface area contributed by atoms with Gasteiger partial charge in [0.05, 0.1) is 6.10 Å². The van der Waals surface area contributed by atoms with Gasteiger partial charge in [-0.3, -0.25) is 9.59 Å². The van der Waals surface area contributed by atoms with Gasteiger partial charge in [0, 0.05) is 22.2 Å². The molecule has 31 heavy (non-hydrogen) atoms. The lowest BCUT2D eigenvalue weighted by Gasteiger charge is -2.22. The van der Waals surface area contributed by atoms with Crippen LogP contribution in [0.15, 0.2) is 48.5 Å². The van der Waals surface area contributed by atoms with Gasteiger partial charge in [0.1, 0.15) is 0 Å². The average molecular weight is 425 g/mol. The largest absolute Gasteiger partial charge is 0.393 e. The third-order valence-corrected chi connectivity index (χ3v) is 4.70. The first kappa shape index (κ1) is 24.6. The van der Waals surface area contributed by atoms with Crippen LogP contribution in [-0.4, -0.2) is 34.1 Å². The van der Waals surface area contributed by atoms with Crippen LogP contribution in [0.25, 0.3) is 0 Å². The van der Waals surface area contributed by atoms with Crippen molar-refractivity contribution >= 4 is 11.8 Å². The van der Waals surface area contributed by atoms with Gasteiger partial charge in [0.25, 0.3) is 11.8 Å². The van der Waals surface area contributed by atoms with E-state index < -0.39 is 6.10 Å². The summed E-state index contributed by atoms with van der Waals surface area (Å²) < 4.78 is 0. The predicted molar refractivity (Wildman–Crippen MR) is 125 cm³/mol. The van der Waals surface area contributed by atoms with Gasteiger partial charge in [0.2, 0.25) is 0 Å². The molecule has 3 N–H and O–H groups in total. The molecule has 2 aromatic rings. The van der Waals surface area contributed by atoms with Gasteiger partial charge in [-0.15, -0.1) is 0 Å². The van der Waals surface area contributed by atoms with Gasteiger partial charge in [-0.1, -0.05) is 36.4 Å². The van der Waals surface area contributed by atoms with Crippen LogP contribution in [-0.2, 0) is 12.8 Å². The van der Waals surface area contributed by atoms with E-state index in [4.69, 9.17) is 0 Å². The van der Waals surface area contributed by atoms with E-state index in [9.17, 15) is 14.7 Å². The fourth-order valence-electron chi connectivity index (χ4n) is 3.37. The van der Waals surface area contributed by atoms with Crippen molar-refractivity contribution in [1.29, 1.82) is 0 Å². The quantitative estimate of drug-likeness (QED) is 0.621. The molecule has 2 aromatic carbocycles. The summed E-state index contributed by atoms with van der Waals surface area (Å²) in [5, 5.41) is 16.7. The number of nitrogens with one attached hydrogen (secondary N) is 2. The van der Waals surface area contributed by atoms with E-state index in [0.717, 1.165) is 11.1 Å². The first-order chi connectivity index (χ1) is 14.4. The van der Waals surface area contributed by atoms with Gasteiger partial charge < -0.3 is 15.7 Å². The van der Waals surface area contributed by atoms with E-state index >= 15 is 0 Å². The number of rotatable bonds is 7. The third-order valence-electron chi connectivity index (χ3n) is 4.70. The summed E-state index contributed by atoms with van der Waals surface area (Å²) in [6, 6.07) is 14.9. The molecule has 0 spiro atoms. The summed E-state index contributed by atoms with van der Waals surface area (Å²) in [4.78, 5) is 25.3. The number of aryl methyl sites for hydroxylation is 1. The highest BCUT2D eigenvalue weighted by Crippen LogP contribution is 2.18. The normalized spacial score (nSPS) is 12.9. The summed E-state index contributed by atoms with van der Waals surface area (Å²) >= 11 is 0. The Bertz CT molecular complexity index is 907. The molecule has 2 rings (SSSR count). The molecule has 0 saturated heterocycles. The molecule has 5 heteroatoms. The number of aliphatic hydroxyl groups excluding tert-OH is 1. The zero-order chi connectivity index (χ0) is 23.2. The highest BCUT2D eigenvalue weighted by molar-refractivity contribution is 5.96. The minimum absolute atomic E-state index is 0.109. The van der Waals surface area contributed by atoms with Crippen molar-refractivity contribution in [3.63, 3.8) is 0 Å². The minimum atomic E-state index is -0.623. The van der Waals surface area contributed by atoms with Crippen molar-refractivity contribution in [2.24, 2.45) is 0 Å². The lowest BCUT2D eigenvalue weighted by Crippen LogP contribution is -2.41. The van der Waals surface area contributed by atoms with Crippen molar-refractivity contribution in [1.82, 2.24) is 10.6 Å². The molecule has 0 aliphatic rings. The topological polar surface area (TPSA) is 78.4 Å². The average Bonchev–Trinajstić information content (AvgIpc) is 2.64. The molecule has 2 amide bonds. The molecular weight excluding hydrogens is 388 g/mol. The maximum absolute atomic E-state index is 12.6. The Kier molecular flexibility index (Phi) is 8.02. The van der Waals surface area contributed by atoms with Crippen molar-refractivity contribution in [3.05, 3.63) is 70.8 Å². The van der Waals surface area contributed by atoms with Crippen LogP contribution >= 0.6 is 0 Å². The number of carbonyl (C=O) groups excluding carboxylic acids is 2. The number of carbonyl (C=O) groups is 2. The number of amides is 2. The van der Waals surface area contributed by atoms with E-state index in [1.807, 2.05) is 84.0 Å². The van der Waals surface area contributed by atoms with Crippen LogP contribution in [0.3, 0.4) is 0 Å². The van der Waals surface area contributed by atoms with E-state index in [1.165, 1.54) is 0 Å². The lowest BCUT2D eigenvalue weighted by atomic mass is 9.95. The fourth-order valence-corrected chi connectivity index (χ4v) is 3.37.